The van der Waals surface area contributed by atoms with Crippen LogP contribution >= 0.6 is 11.3 Å². The number of aromatic nitrogens is 2. The van der Waals surface area contributed by atoms with Gasteiger partial charge in [0.2, 0.25) is 5.91 Å². The quantitative estimate of drug-likeness (QED) is 0.264. The molecule has 2 aromatic heterocycles. The van der Waals surface area contributed by atoms with Crippen LogP contribution in [0.2, 0.25) is 0 Å². The van der Waals surface area contributed by atoms with Crippen LogP contribution in [0, 0.1) is 28.4 Å². The number of alkyl halides is 3. The third kappa shape index (κ3) is 4.67. The number of rotatable bonds is 5. The summed E-state index contributed by atoms with van der Waals surface area (Å²) in [6, 6.07) is 4.78. The maximum atomic E-state index is 16.9. The summed E-state index contributed by atoms with van der Waals surface area (Å²) in [7, 11) is 0. The normalized spacial score (nSPS) is 25.0. The maximum Gasteiger partial charge on any atom is 0.417 e. The van der Waals surface area contributed by atoms with Crippen molar-refractivity contribution >= 4 is 49.1 Å². The van der Waals surface area contributed by atoms with Gasteiger partial charge < -0.3 is 25.6 Å². The summed E-state index contributed by atoms with van der Waals surface area (Å²) in [5.41, 5.74) is 2.52. The number of hydrogen-bond donors (Lipinski definition) is 2. The first-order chi connectivity index (χ1) is 22.4. The second-order valence-corrected chi connectivity index (χ2v) is 14.2. The predicted octanol–water partition coefficient (Wildman–Crippen LogP) is 5.59. The largest absolute Gasteiger partial charge is 0.463 e. The molecule has 1 saturated carbocycles. The minimum absolute atomic E-state index is 0.0242. The van der Waals surface area contributed by atoms with Crippen LogP contribution in [0.4, 0.5) is 32.8 Å². The second-order valence-electron chi connectivity index (χ2n) is 13.1. The molecule has 5 fully saturated rings. The molecular weight excluding hydrogens is 641 g/mol. The molecule has 2 unspecified atom stereocenters. The molecule has 2 atom stereocenters. The summed E-state index contributed by atoms with van der Waals surface area (Å²) < 4.78 is 82.4. The Morgan fingerprint density at radius 2 is 1.94 bits per heavy atom. The number of nitriles is 1. The van der Waals surface area contributed by atoms with Crippen LogP contribution < -0.4 is 20.7 Å². The number of amides is 1. The zero-order valence-corrected chi connectivity index (χ0v) is 25.9. The highest BCUT2D eigenvalue weighted by Gasteiger charge is 2.56. The van der Waals surface area contributed by atoms with Crippen molar-refractivity contribution in [2.75, 3.05) is 36.9 Å². The van der Waals surface area contributed by atoms with E-state index in [1.54, 1.807) is 4.90 Å². The van der Waals surface area contributed by atoms with E-state index in [4.69, 9.17) is 10.5 Å². The van der Waals surface area contributed by atoms with Gasteiger partial charge in [-0.25, -0.2) is 8.78 Å². The summed E-state index contributed by atoms with van der Waals surface area (Å²) in [4.78, 5) is 24.6. The van der Waals surface area contributed by atoms with E-state index >= 15 is 4.39 Å². The van der Waals surface area contributed by atoms with Gasteiger partial charge in [0.05, 0.1) is 22.4 Å². The fraction of sp³-hybridized carbons (Fsp3) is 0.438. The van der Waals surface area contributed by atoms with Gasteiger partial charge in [-0.1, -0.05) is 6.07 Å². The van der Waals surface area contributed by atoms with Crippen molar-refractivity contribution in [1.29, 1.82) is 5.26 Å². The molecule has 15 heteroatoms. The van der Waals surface area contributed by atoms with Crippen molar-refractivity contribution in [2.24, 2.45) is 5.41 Å². The van der Waals surface area contributed by atoms with Crippen molar-refractivity contribution in [3.8, 4) is 23.2 Å². The van der Waals surface area contributed by atoms with Gasteiger partial charge in [-0.05, 0) is 43.4 Å². The van der Waals surface area contributed by atoms with E-state index in [0.717, 1.165) is 43.9 Å². The zero-order valence-electron chi connectivity index (χ0n) is 25.0. The number of nitrogens with two attached hydrogens (primary N) is 1. The highest BCUT2D eigenvalue weighted by molar-refractivity contribution is 7.23. The molecule has 0 spiro atoms. The lowest BCUT2D eigenvalue weighted by Gasteiger charge is -2.36. The van der Waals surface area contributed by atoms with Crippen LogP contribution in [0.5, 0.6) is 6.01 Å². The maximum absolute atomic E-state index is 16.9. The van der Waals surface area contributed by atoms with Crippen molar-refractivity contribution in [2.45, 2.75) is 56.9 Å². The lowest BCUT2D eigenvalue weighted by Crippen LogP contribution is -2.51. The summed E-state index contributed by atoms with van der Waals surface area (Å²) in [6.45, 7) is 3.07. The molecule has 4 bridgehead atoms. The van der Waals surface area contributed by atoms with E-state index in [0.29, 0.717) is 31.0 Å². The molecule has 2 aromatic carbocycles. The Morgan fingerprint density at radius 1 is 1.21 bits per heavy atom. The van der Waals surface area contributed by atoms with E-state index < -0.39 is 28.9 Å². The summed E-state index contributed by atoms with van der Waals surface area (Å²) in [5, 5.41) is 12.8. The topological polar surface area (TPSA) is 120 Å². The highest BCUT2D eigenvalue weighted by Crippen LogP contribution is 2.52. The SMILES string of the molecule is CC(=O)N1CC2(COc3nc(N4CC5CCC(C4)N5)c4cc(C(F)(F)F)c(-c5ccc(F)c6sc(N)c(C#N)c56)c(F)c4n3)CC1C2. The molecule has 0 radical (unpaired) electrons. The van der Waals surface area contributed by atoms with Crippen molar-refractivity contribution in [3.05, 3.63) is 41.0 Å². The number of ether oxygens (including phenoxy) is 1. The molecule has 1 aliphatic carbocycles. The van der Waals surface area contributed by atoms with E-state index in [9.17, 15) is 27.6 Å². The van der Waals surface area contributed by atoms with Crippen molar-refractivity contribution < 1.29 is 31.5 Å². The first-order valence-corrected chi connectivity index (χ1v) is 16.1. The van der Waals surface area contributed by atoms with Gasteiger partial charge in [-0.3, -0.25) is 4.79 Å². The van der Waals surface area contributed by atoms with Gasteiger partial charge in [0, 0.05) is 66.4 Å². The molecule has 6 heterocycles. The standard InChI is InChI=1S/C32H28F5N7O2S/c1-14(45)44-12-31(7-17(44)8-31)13-46-30-41-26-19(29(42-30)43-10-15-2-3-16(11-43)40-15)6-21(32(35,36)37)24(25(26)34)18-4-5-22(33)27-23(18)20(9-38)28(39)47-27/h4-6,15-17,40H,2-3,7-8,10-13,39H2,1H3. The molecule has 4 aliphatic heterocycles. The fourth-order valence-corrected chi connectivity index (χ4v) is 8.94. The summed E-state index contributed by atoms with van der Waals surface area (Å²) in [6.07, 6.45) is -1.77. The van der Waals surface area contributed by atoms with Gasteiger partial charge in [0.25, 0.3) is 0 Å². The molecule has 4 saturated heterocycles. The fourth-order valence-electron chi connectivity index (χ4n) is 7.99. The minimum atomic E-state index is -5.04. The van der Waals surface area contributed by atoms with Gasteiger partial charge in [0.15, 0.2) is 5.82 Å². The number of hydrogen-bond acceptors (Lipinski definition) is 9. The van der Waals surface area contributed by atoms with Crippen molar-refractivity contribution in [1.82, 2.24) is 20.2 Å². The first kappa shape index (κ1) is 30.1. The third-order valence-corrected chi connectivity index (χ3v) is 11.1. The molecule has 5 aliphatic rings. The van der Waals surface area contributed by atoms with Crippen LogP contribution in [0.3, 0.4) is 0 Å². The van der Waals surface area contributed by atoms with Gasteiger partial charge >= 0.3 is 12.2 Å². The van der Waals surface area contributed by atoms with Gasteiger partial charge in [-0.15, -0.1) is 11.3 Å². The van der Waals surface area contributed by atoms with E-state index in [1.165, 1.54) is 6.92 Å². The Hall–Kier alpha value is -4.29. The summed E-state index contributed by atoms with van der Waals surface area (Å²) >= 11 is 0.709. The number of nitrogens with one attached hydrogen (secondary N) is 1. The average Bonchev–Trinajstić information content (AvgIpc) is 3.76. The Morgan fingerprint density at radius 3 is 2.57 bits per heavy atom. The van der Waals surface area contributed by atoms with E-state index in [1.807, 2.05) is 11.0 Å². The molecule has 4 aromatic rings. The lowest BCUT2D eigenvalue weighted by atomic mass is 9.71. The Labute approximate surface area is 269 Å². The van der Waals surface area contributed by atoms with Crippen LogP contribution in [-0.4, -0.2) is 65.1 Å². The number of benzene rings is 2. The van der Waals surface area contributed by atoms with Crippen LogP contribution in [0.15, 0.2) is 18.2 Å². The van der Waals surface area contributed by atoms with Gasteiger partial charge in [0.1, 0.15) is 28.2 Å². The van der Waals surface area contributed by atoms with Crippen molar-refractivity contribution in [3.63, 3.8) is 0 Å². The Kier molecular flexibility index (Phi) is 6.62. The average molecular weight is 670 g/mol. The number of anilines is 2. The monoisotopic (exact) mass is 669 g/mol. The van der Waals surface area contributed by atoms with Crippen LogP contribution in [0.1, 0.15) is 43.7 Å². The smallest absolute Gasteiger partial charge is 0.417 e. The number of nitrogens with zero attached hydrogens (tertiary/aromatic N) is 5. The number of fused-ring (bicyclic) bond motifs is 5. The molecule has 244 valence electrons. The second kappa shape index (κ2) is 10.4. The Balaban J connectivity index is 1.32. The number of nitrogen functional groups attached to an aromatic ring is 1. The summed E-state index contributed by atoms with van der Waals surface area (Å²) in [5.74, 6) is -1.99. The number of carbonyl (C=O) groups excluding carboxylic acids is 1. The number of thiophene rings is 1. The van der Waals surface area contributed by atoms with E-state index in [-0.39, 0.29) is 85.0 Å². The molecule has 1 amide bonds. The molecular formula is C32H28F5N7O2S. The predicted molar refractivity (Wildman–Crippen MR) is 165 cm³/mol. The highest BCUT2D eigenvalue weighted by atomic mass is 32.1. The molecule has 9 rings (SSSR count). The minimum Gasteiger partial charge on any atom is -0.463 e. The Bertz CT molecular complexity index is 2020. The molecule has 9 nitrogen and oxygen atoms in total. The number of halogens is 5. The van der Waals surface area contributed by atoms with Crippen LogP contribution in [-0.2, 0) is 11.0 Å². The zero-order chi connectivity index (χ0) is 33.0. The number of carbonyl (C=O) groups is 1. The third-order valence-electron chi connectivity index (χ3n) is 10.1. The van der Waals surface area contributed by atoms with Gasteiger partial charge in [-0.2, -0.15) is 28.4 Å². The molecule has 3 N–H and O–H groups in total. The first-order valence-electron chi connectivity index (χ1n) is 15.3. The lowest BCUT2D eigenvalue weighted by molar-refractivity contribution is -0.137. The number of piperazine rings is 1. The molecule has 47 heavy (non-hydrogen) atoms. The van der Waals surface area contributed by atoms with Crippen LogP contribution in [0.25, 0.3) is 32.1 Å². The van der Waals surface area contributed by atoms with E-state index in [2.05, 4.69) is 15.3 Å².